The van der Waals surface area contributed by atoms with Gasteiger partial charge in [0.25, 0.3) is 0 Å². The highest BCUT2D eigenvalue weighted by molar-refractivity contribution is 5.78. The Kier molecular flexibility index (Phi) is 10.1. The van der Waals surface area contributed by atoms with Crippen LogP contribution >= 0.6 is 0 Å². The van der Waals surface area contributed by atoms with E-state index in [2.05, 4.69) is 24.2 Å². The molecule has 0 atom stereocenters. The van der Waals surface area contributed by atoms with Crippen molar-refractivity contribution in [1.29, 1.82) is 0 Å². The number of nitrogens with one attached hydrogen (secondary N) is 1. The number of amides is 2. The smallest absolute Gasteiger partial charge is 0.222 e. The van der Waals surface area contributed by atoms with Crippen LogP contribution in [-0.2, 0) is 9.59 Å². The molecule has 0 bridgehead atoms. The van der Waals surface area contributed by atoms with Gasteiger partial charge in [0, 0.05) is 51.6 Å². The number of piperazine rings is 1. The molecule has 7 nitrogen and oxygen atoms in total. The van der Waals surface area contributed by atoms with Crippen LogP contribution in [0.15, 0.2) is 4.99 Å². The van der Waals surface area contributed by atoms with Crippen LogP contribution in [0.3, 0.4) is 0 Å². The summed E-state index contributed by atoms with van der Waals surface area (Å²) in [6, 6.07) is 0.289. The van der Waals surface area contributed by atoms with Gasteiger partial charge in [0.2, 0.25) is 11.8 Å². The van der Waals surface area contributed by atoms with Gasteiger partial charge >= 0.3 is 0 Å². The fourth-order valence-electron chi connectivity index (χ4n) is 2.95. The topological polar surface area (TPSA) is 91.0 Å². The molecule has 0 aromatic rings. The summed E-state index contributed by atoms with van der Waals surface area (Å²) in [6.07, 6.45) is 3.94. The summed E-state index contributed by atoms with van der Waals surface area (Å²) in [5, 5.41) is 3.06. The third-order valence-electron chi connectivity index (χ3n) is 4.34. The zero-order valence-corrected chi connectivity index (χ0v) is 17.0. The van der Waals surface area contributed by atoms with Crippen molar-refractivity contribution in [1.82, 2.24) is 15.1 Å². The van der Waals surface area contributed by atoms with Crippen LogP contribution in [0.25, 0.3) is 0 Å². The summed E-state index contributed by atoms with van der Waals surface area (Å²) in [6.45, 7) is 11.5. The van der Waals surface area contributed by atoms with E-state index in [0.717, 1.165) is 19.3 Å². The highest BCUT2D eigenvalue weighted by atomic mass is 16.2. The van der Waals surface area contributed by atoms with E-state index in [4.69, 9.17) is 5.73 Å². The van der Waals surface area contributed by atoms with Gasteiger partial charge in [-0.25, -0.2) is 0 Å². The quantitative estimate of drug-likeness (QED) is 0.368. The highest BCUT2D eigenvalue weighted by Gasteiger charge is 2.23. The number of rotatable bonds is 9. The Morgan fingerprint density at radius 1 is 0.962 bits per heavy atom. The van der Waals surface area contributed by atoms with Gasteiger partial charge in [-0.3, -0.25) is 14.6 Å². The van der Waals surface area contributed by atoms with Crippen LogP contribution in [0, 0.1) is 5.92 Å². The lowest BCUT2D eigenvalue weighted by atomic mass is 10.1. The molecule has 0 saturated carbocycles. The van der Waals surface area contributed by atoms with Crippen LogP contribution in [0.4, 0.5) is 0 Å². The first kappa shape index (κ1) is 22.3. The van der Waals surface area contributed by atoms with Crippen molar-refractivity contribution in [2.24, 2.45) is 16.6 Å². The van der Waals surface area contributed by atoms with E-state index in [-0.39, 0.29) is 17.9 Å². The minimum Gasteiger partial charge on any atom is -0.370 e. The first-order valence-corrected chi connectivity index (χ1v) is 9.91. The SMILES string of the molecule is CC(C)CC(=O)N1CCN(C(=O)CCCCCN=C(N)NC(C)C)CC1. The van der Waals surface area contributed by atoms with Crippen molar-refractivity contribution in [2.45, 2.75) is 65.8 Å². The lowest BCUT2D eigenvalue weighted by molar-refractivity contribution is -0.140. The summed E-state index contributed by atoms with van der Waals surface area (Å²) in [5.74, 6) is 1.27. The van der Waals surface area contributed by atoms with Crippen molar-refractivity contribution in [3.63, 3.8) is 0 Å². The minimum absolute atomic E-state index is 0.199. The maximum Gasteiger partial charge on any atom is 0.222 e. The van der Waals surface area contributed by atoms with E-state index in [1.54, 1.807) is 0 Å². The molecule has 1 heterocycles. The van der Waals surface area contributed by atoms with E-state index < -0.39 is 0 Å². The minimum atomic E-state index is 0.199. The van der Waals surface area contributed by atoms with Crippen LogP contribution in [-0.4, -0.2) is 66.3 Å². The van der Waals surface area contributed by atoms with E-state index in [1.165, 1.54) is 0 Å². The predicted molar refractivity (Wildman–Crippen MR) is 106 cm³/mol. The van der Waals surface area contributed by atoms with Gasteiger partial charge in [-0.2, -0.15) is 0 Å². The fraction of sp³-hybridized carbons (Fsp3) is 0.842. The van der Waals surface area contributed by atoms with Gasteiger partial charge in [0.05, 0.1) is 0 Å². The Labute approximate surface area is 158 Å². The summed E-state index contributed by atoms with van der Waals surface area (Å²) in [4.78, 5) is 32.4. The molecule has 150 valence electrons. The lowest BCUT2D eigenvalue weighted by Crippen LogP contribution is -2.50. The Morgan fingerprint density at radius 2 is 1.54 bits per heavy atom. The maximum absolute atomic E-state index is 12.3. The number of aliphatic imine (C=N–C) groups is 1. The standard InChI is InChI=1S/C19H37N5O2/c1-15(2)14-18(26)24-12-10-23(11-13-24)17(25)8-6-5-7-9-21-19(20)22-16(3)4/h15-16H,5-14H2,1-4H3,(H3,20,21,22). The molecule has 1 rings (SSSR count). The second-order valence-corrected chi connectivity index (χ2v) is 7.74. The molecular weight excluding hydrogens is 330 g/mol. The summed E-state index contributed by atoms with van der Waals surface area (Å²) in [7, 11) is 0. The van der Waals surface area contributed by atoms with Crippen LogP contribution in [0.2, 0.25) is 0 Å². The molecule has 3 N–H and O–H groups in total. The average molecular weight is 368 g/mol. The normalized spacial score (nSPS) is 15.7. The number of unbranched alkanes of at least 4 members (excludes halogenated alkanes) is 2. The molecule has 0 radical (unpaired) electrons. The van der Waals surface area contributed by atoms with Gasteiger partial charge in [0.15, 0.2) is 5.96 Å². The van der Waals surface area contributed by atoms with E-state index in [0.29, 0.717) is 57.4 Å². The third kappa shape index (κ3) is 9.06. The predicted octanol–water partition coefficient (Wildman–Crippen LogP) is 1.58. The number of carbonyl (C=O) groups is 2. The number of hydrogen-bond donors (Lipinski definition) is 2. The third-order valence-corrected chi connectivity index (χ3v) is 4.34. The van der Waals surface area contributed by atoms with Crippen LogP contribution < -0.4 is 11.1 Å². The molecule has 1 aliphatic heterocycles. The number of carbonyl (C=O) groups excluding carboxylic acids is 2. The van der Waals surface area contributed by atoms with Gasteiger partial charge < -0.3 is 20.9 Å². The highest BCUT2D eigenvalue weighted by Crippen LogP contribution is 2.10. The molecule has 0 spiro atoms. The second-order valence-electron chi connectivity index (χ2n) is 7.74. The number of hydrogen-bond acceptors (Lipinski definition) is 3. The van der Waals surface area contributed by atoms with Gasteiger partial charge in [-0.15, -0.1) is 0 Å². The molecule has 7 heteroatoms. The summed E-state index contributed by atoms with van der Waals surface area (Å²) >= 11 is 0. The van der Waals surface area contributed by atoms with Crippen LogP contribution in [0.1, 0.15) is 59.8 Å². The van der Waals surface area contributed by atoms with E-state index in [1.807, 2.05) is 23.6 Å². The molecule has 0 unspecified atom stereocenters. The van der Waals surface area contributed by atoms with Gasteiger partial charge in [-0.1, -0.05) is 20.3 Å². The van der Waals surface area contributed by atoms with E-state index >= 15 is 0 Å². The Morgan fingerprint density at radius 3 is 2.08 bits per heavy atom. The van der Waals surface area contributed by atoms with Crippen molar-refractivity contribution < 1.29 is 9.59 Å². The molecule has 1 saturated heterocycles. The lowest BCUT2D eigenvalue weighted by Gasteiger charge is -2.35. The van der Waals surface area contributed by atoms with Crippen molar-refractivity contribution in [3.05, 3.63) is 0 Å². The van der Waals surface area contributed by atoms with E-state index in [9.17, 15) is 9.59 Å². The summed E-state index contributed by atoms with van der Waals surface area (Å²) < 4.78 is 0. The molecule has 0 aliphatic carbocycles. The number of guanidine groups is 1. The maximum atomic E-state index is 12.3. The molecule has 2 amide bonds. The first-order valence-electron chi connectivity index (χ1n) is 9.91. The zero-order chi connectivity index (χ0) is 19.5. The first-order chi connectivity index (χ1) is 12.3. The fourth-order valence-corrected chi connectivity index (χ4v) is 2.95. The van der Waals surface area contributed by atoms with Crippen LogP contribution in [0.5, 0.6) is 0 Å². The Balaban J connectivity index is 2.15. The van der Waals surface area contributed by atoms with Gasteiger partial charge in [0.1, 0.15) is 0 Å². The monoisotopic (exact) mass is 367 g/mol. The van der Waals surface area contributed by atoms with Crippen molar-refractivity contribution >= 4 is 17.8 Å². The molecule has 0 aromatic heterocycles. The van der Waals surface area contributed by atoms with Crippen molar-refractivity contribution in [2.75, 3.05) is 32.7 Å². The molecular formula is C19H37N5O2. The Bertz CT molecular complexity index is 469. The molecule has 1 fully saturated rings. The molecule has 0 aromatic carbocycles. The summed E-state index contributed by atoms with van der Waals surface area (Å²) in [5.41, 5.74) is 5.74. The zero-order valence-electron chi connectivity index (χ0n) is 17.0. The molecule has 1 aliphatic rings. The number of nitrogens with two attached hydrogens (primary N) is 1. The number of nitrogens with zero attached hydrogens (tertiary/aromatic N) is 3. The average Bonchev–Trinajstić information content (AvgIpc) is 2.56. The Hall–Kier alpha value is -1.79. The van der Waals surface area contributed by atoms with Gasteiger partial charge in [-0.05, 0) is 32.6 Å². The van der Waals surface area contributed by atoms with Crippen molar-refractivity contribution in [3.8, 4) is 0 Å². The molecule has 26 heavy (non-hydrogen) atoms. The largest absolute Gasteiger partial charge is 0.370 e. The second kappa shape index (κ2) is 11.8.